The van der Waals surface area contributed by atoms with Gasteiger partial charge >= 0.3 is 6.03 Å². The van der Waals surface area contributed by atoms with Crippen LogP contribution in [0.3, 0.4) is 0 Å². The van der Waals surface area contributed by atoms with Crippen LogP contribution in [0.15, 0.2) is 0 Å². The summed E-state index contributed by atoms with van der Waals surface area (Å²) in [5.74, 6) is -0.825. The van der Waals surface area contributed by atoms with E-state index in [0.717, 1.165) is 19.3 Å². The number of piperidine rings is 1. The largest absolute Gasteiger partial charge is 0.325 e. The fourth-order valence-electron chi connectivity index (χ4n) is 2.35. The quantitative estimate of drug-likeness (QED) is 0.632. The molecule has 2 aliphatic rings. The van der Waals surface area contributed by atoms with Crippen molar-refractivity contribution >= 4 is 17.8 Å². The summed E-state index contributed by atoms with van der Waals surface area (Å²) in [5, 5.41) is 2.27. The van der Waals surface area contributed by atoms with Crippen LogP contribution in [0.5, 0.6) is 0 Å². The molecule has 0 aliphatic carbocycles. The number of likely N-dealkylation sites (tertiary alicyclic amines) is 1. The van der Waals surface area contributed by atoms with Gasteiger partial charge in [-0.2, -0.15) is 0 Å². The Kier molecular flexibility index (Phi) is 3.28. The van der Waals surface area contributed by atoms with Crippen molar-refractivity contribution in [3.63, 3.8) is 0 Å². The van der Waals surface area contributed by atoms with Gasteiger partial charge in [-0.1, -0.05) is 0 Å². The molecular formula is C12H19N3O3. The molecule has 6 nitrogen and oxygen atoms in total. The van der Waals surface area contributed by atoms with Crippen LogP contribution in [-0.4, -0.2) is 52.8 Å². The second-order valence-corrected chi connectivity index (χ2v) is 5.35. The fraction of sp³-hybridized carbons (Fsp3) is 0.750. The van der Waals surface area contributed by atoms with Gasteiger partial charge in [0.05, 0.1) is 0 Å². The van der Waals surface area contributed by atoms with E-state index in [1.165, 1.54) is 4.90 Å². The van der Waals surface area contributed by atoms with Gasteiger partial charge in [0.25, 0.3) is 5.91 Å². The van der Waals surface area contributed by atoms with Gasteiger partial charge in [-0.05, 0) is 33.1 Å². The summed E-state index contributed by atoms with van der Waals surface area (Å²) < 4.78 is 0. The third-order valence-electron chi connectivity index (χ3n) is 3.64. The fourth-order valence-corrected chi connectivity index (χ4v) is 2.35. The number of hydrogen-bond donors (Lipinski definition) is 1. The zero-order chi connectivity index (χ0) is 13.3. The molecular weight excluding hydrogens is 234 g/mol. The smallest absolute Gasteiger partial charge is 0.321 e. The van der Waals surface area contributed by atoms with Crippen LogP contribution < -0.4 is 5.32 Å². The number of hydrogen-bond acceptors (Lipinski definition) is 3. The summed E-state index contributed by atoms with van der Waals surface area (Å²) >= 11 is 0. The average Bonchev–Trinajstić information content (AvgIpc) is 2.34. The maximum atomic E-state index is 12.4. The molecule has 0 spiro atoms. The molecule has 0 aromatic carbocycles. The minimum atomic E-state index is -0.970. The molecule has 6 heteroatoms. The van der Waals surface area contributed by atoms with Gasteiger partial charge in [-0.15, -0.1) is 0 Å². The van der Waals surface area contributed by atoms with Crippen LogP contribution in [0.1, 0.15) is 33.1 Å². The van der Waals surface area contributed by atoms with Crippen molar-refractivity contribution in [2.75, 3.05) is 19.6 Å². The van der Waals surface area contributed by atoms with Crippen molar-refractivity contribution < 1.29 is 14.4 Å². The van der Waals surface area contributed by atoms with E-state index in [9.17, 15) is 14.4 Å². The molecule has 2 heterocycles. The van der Waals surface area contributed by atoms with Crippen LogP contribution in [0.2, 0.25) is 0 Å². The molecule has 18 heavy (non-hydrogen) atoms. The lowest BCUT2D eigenvalue weighted by atomic mass is 9.99. The molecule has 1 N–H and O–H groups in total. The Morgan fingerprint density at radius 2 is 1.78 bits per heavy atom. The summed E-state index contributed by atoms with van der Waals surface area (Å²) in [6.07, 6.45) is 3.10. The SMILES string of the molecule is CC1(C)C(=O)NC(=O)CN1C(=O)N1CCCCC1. The van der Waals surface area contributed by atoms with Crippen molar-refractivity contribution in [3.8, 4) is 0 Å². The monoisotopic (exact) mass is 253 g/mol. The van der Waals surface area contributed by atoms with E-state index in [2.05, 4.69) is 5.32 Å². The molecule has 2 saturated heterocycles. The van der Waals surface area contributed by atoms with E-state index < -0.39 is 17.4 Å². The third-order valence-corrected chi connectivity index (χ3v) is 3.64. The first-order valence-electron chi connectivity index (χ1n) is 6.34. The number of imide groups is 1. The summed E-state index contributed by atoms with van der Waals surface area (Å²) in [6, 6.07) is -0.206. The molecule has 100 valence electrons. The van der Waals surface area contributed by atoms with E-state index in [0.29, 0.717) is 13.1 Å². The van der Waals surface area contributed by atoms with Crippen molar-refractivity contribution in [1.82, 2.24) is 15.1 Å². The van der Waals surface area contributed by atoms with E-state index >= 15 is 0 Å². The highest BCUT2D eigenvalue weighted by Crippen LogP contribution is 2.21. The molecule has 0 bridgehead atoms. The normalized spacial score (nSPS) is 23.9. The van der Waals surface area contributed by atoms with Crippen LogP contribution in [0, 0.1) is 0 Å². The number of nitrogens with zero attached hydrogens (tertiary/aromatic N) is 2. The maximum Gasteiger partial charge on any atom is 0.321 e. The van der Waals surface area contributed by atoms with Crippen molar-refractivity contribution in [2.45, 2.75) is 38.6 Å². The van der Waals surface area contributed by atoms with Crippen LogP contribution in [0.4, 0.5) is 4.79 Å². The lowest BCUT2D eigenvalue weighted by molar-refractivity contribution is -0.143. The Balaban J connectivity index is 2.16. The van der Waals surface area contributed by atoms with Gasteiger partial charge in [-0.3, -0.25) is 14.9 Å². The molecule has 4 amide bonds. The van der Waals surface area contributed by atoms with Gasteiger partial charge in [0.2, 0.25) is 5.91 Å². The van der Waals surface area contributed by atoms with Gasteiger partial charge in [0.1, 0.15) is 12.1 Å². The van der Waals surface area contributed by atoms with E-state index in [-0.39, 0.29) is 12.6 Å². The summed E-state index contributed by atoms with van der Waals surface area (Å²) in [6.45, 7) is 4.70. The summed E-state index contributed by atoms with van der Waals surface area (Å²) in [7, 11) is 0. The molecule has 0 aromatic heterocycles. The van der Waals surface area contributed by atoms with Crippen molar-refractivity contribution in [2.24, 2.45) is 0 Å². The highest BCUT2D eigenvalue weighted by Gasteiger charge is 2.44. The van der Waals surface area contributed by atoms with Gasteiger partial charge in [0, 0.05) is 13.1 Å². The van der Waals surface area contributed by atoms with E-state index in [1.807, 2.05) is 0 Å². The molecule has 2 aliphatic heterocycles. The molecule has 2 rings (SSSR count). The molecule has 0 radical (unpaired) electrons. The maximum absolute atomic E-state index is 12.4. The van der Waals surface area contributed by atoms with Crippen LogP contribution in [-0.2, 0) is 9.59 Å². The minimum absolute atomic E-state index is 0.0475. The summed E-state index contributed by atoms with van der Waals surface area (Å²) in [4.78, 5) is 38.7. The first-order valence-corrected chi connectivity index (χ1v) is 6.34. The molecule has 0 unspecified atom stereocenters. The Hall–Kier alpha value is -1.59. The second-order valence-electron chi connectivity index (χ2n) is 5.35. The Morgan fingerprint density at radius 1 is 1.17 bits per heavy atom. The van der Waals surface area contributed by atoms with Crippen LogP contribution in [0.25, 0.3) is 0 Å². The zero-order valence-electron chi connectivity index (χ0n) is 10.9. The Morgan fingerprint density at radius 3 is 2.39 bits per heavy atom. The number of carbonyl (C=O) groups is 3. The minimum Gasteiger partial charge on any atom is -0.325 e. The molecule has 0 saturated carbocycles. The average molecular weight is 253 g/mol. The predicted octanol–water partition coefficient (Wildman–Crippen LogP) is 0.329. The van der Waals surface area contributed by atoms with Crippen molar-refractivity contribution in [3.05, 3.63) is 0 Å². The van der Waals surface area contributed by atoms with Gasteiger partial charge < -0.3 is 9.80 Å². The number of urea groups is 1. The number of rotatable bonds is 0. The van der Waals surface area contributed by atoms with Crippen LogP contribution >= 0.6 is 0 Å². The predicted molar refractivity (Wildman–Crippen MR) is 64.8 cm³/mol. The summed E-state index contributed by atoms with van der Waals surface area (Å²) in [5.41, 5.74) is -0.970. The highest BCUT2D eigenvalue weighted by molar-refractivity contribution is 6.05. The first-order chi connectivity index (χ1) is 8.43. The van der Waals surface area contributed by atoms with Gasteiger partial charge in [0.15, 0.2) is 0 Å². The second kappa shape index (κ2) is 4.59. The van der Waals surface area contributed by atoms with E-state index in [1.54, 1.807) is 18.7 Å². The van der Waals surface area contributed by atoms with Crippen molar-refractivity contribution in [1.29, 1.82) is 0 Å². The Labute approximate surface area is 106 Å². The molecule has 0 aromatic rings. The lowest BCUT2D eigenvalue weighted by Gasteiger charge is -2.43. The zero-order valence-corrected chi connectivity index (χ0v) is 10.9. The lowest BCUT2D eigenvalue weighted by Crippen LogP contribution is -2.67. The molecule has 0 atom stereocenters. The topological polar surface area (TPSA) is 69.7 Å². The number of nitrogens with one attached hydrogen (secondary N) is 1. The Bertz CT molecular complexity index is 386. The van der Waals surface area contributed by atoms with Gasteiger partial charge in [-0.25, -0.2) is 4.79 Å². The highest BCUT2D eigenvalue weighted by atomic mass is 16.2. The number of piperazine rings is 1. The van der Waals surface area contributed by atoms with E-state index in [4.69, 9.17) is 0 Å². The standard InChI is InChI=1S/C12H19N3O3/c1-12(2)10(17)13-9(16)8-15(12)11(18)14-6-4-3-5-7-14/h3-8H2,1-2H3,(H,13,16,17). The first kappa shape index (κ1) is 12.9. The number of amides is 4. The number of carbonyl (C=O) groups excluding carboxylic acids is 3. The molecule has 2 fully saturated rings. The third kappa shape index (κ3) is 2.19.